The minimum Gasteiger partial charge on any atom is -0.481 e. The molecule has 1 unspecified atom stereocenters. The Morgan fingerprint density at radius 2 is 1.94 bits per heavy atom. The van der Waals surface area contributed by atoms with Crippen LogP contribution in [0.4, 0.5) is 13.2 Å². The van der Waals surface area contributed by atoms with E-state index in [1.54, 1.807) is 0 Å². The smallest absolute Gasteiger partial charge is 0.416 e. The summed E-state index contributed by atoms with van der Waals surface area (Å²) < 4.78 is 44.1. The first-order valence-corrected chi connectivity index (χ1v) is 9.69. The molecule has 2 N–H and O–H groups in total. The van der Waals surface area contributed by atoms with Crippen LogP contribution in [0.15, 0.2) is 45.7 Å². The fraction of sp³-hybridized carbons (Fsp3) is 0.158. The lowest BCUT2D eigenvalue weighted by atomic mass is 10.1. The molecule has 2 heterocycles. The first kappa shape index (κ1) is 22.6. The summed E-state index contributed by atoms with van der Waals surface area (Å²) in [6, 6.07) is 5.69. The summed E-state index contributed by atoms with van der Waals surface area (Å²) in [5, 5.41) is 18.2. The Labute approximate surface area is 182 Å². The van der Waals surface area contributed by atoms with Gasteiger partial charge in [-0.2, -0.15) is 13.2 Å². The number of carboxylic acids is 2. The van der Waals surface area contributed by atoms with Gasteiger partial charge in [-0.25, -0.2) is 4.79 Å². The van der Waals surface area contributed by atoms with Crippen LogP contribution in [-0.4, -0.2) is 43.3 Å². The van der Waals surface area contributed by atoms with E-state index in [0.717, 1.165) is 23.9 Å². The fourth-order valence-electron chi connectivity index (χ4n) is 2.77. The van der Waals surface area contributed by atoms with Crippen molar-refractivity contribution in [2.45, 2.75) is 18.6 Å². The van der Waals surface area contributed by atoms with Gasteiger partial charge in [0.05, 0.1) is 16.9 Å². The molecule has 0 saturated carbocycles. The summed E-state index contributed by atoms with van der Waals surface area (Å²) in [7, 11) is 0. The quantitative estimate of drug-likeness (QED) is 0.479. The number of nitrogens with zero attached hydrogens (tertiary/aromatic N) is 1. The largest absolute Gasteiger partial charge is 0.481 e. The Bertz CT molecular complexity index is 1110. The Morgan fingerprint density at radius 3 is 2.55 bits per heavy atom. The predicted octanol–water partition coefficient (Wildman–Crippen LogP) is 4.09. The number of hydrogen-bond acceptors (Lipinski definition) is 6. The molecule has 0 aliphatic carbocycles. The van der Waals surface area contributed by atoms with Crippen LogP contribution in [0, 0.1) is 0 Å². The zero-order chi connectivity index (χ0) is 22.9. The molecule has 0 bridgehead atoms. The number of carbonyl (C=O) groups excluding carboxylic acids is 1. The van der Waals surface area contributed by atoms with Crippen LogP contribution in [0.5, 0.6) is 0 Å². The molecule has 1 aliphatic heterocycles. The molecule has 12 heteroatoms. The predicted molar refractivity (Wildman–Crippen MR) is 108 cm³/mol. The standard InChI is InChI=1S/C19H12F3NO6S2/c20-19(21,22)10-3-1-2-9(6-10)13-5-4-11(29-13)7-14-16(26)23(18(30)31-14)12(17(27)28)8-15(24)25/h1-7,12H,8H2,(H,24,25)(H,27,28). The number of thioether (sulfide) groups is 1. The Balaban J connectivity index is 1.86. The van der Waals surface area contributed by atoms with Crippen molar-refractivity contribution in [1.29, 1.82) is 0 Å². The van der Waals surface area contributed by atoms with Crippen LogP contribution >= 0.6 is 24.0 Å². The minimum atomic E-state index is -4.52. The molecule has 162 valence electrons. The number of furan rings is 1. The molecule has 1 amide bonds. The summed E-state index contributed by atoms with van der Waals surface area (Å²) >= 11 is 5.79. The number of alkyl halides is 3. The van der Waals surface area contributed by atoms with Crippen molar-refractivity contribution in [3.63, 3.8) is 0 Å². The summed E-state index contributed by atoms with van der Waals surface area (Å²) in [6.07, 6.45) is -4.10. The van der Waals surface area contributed by atoms with Gasteiger partial charge in [0.15, 0.2) is 0 Å². The molecular weight excluding hydrogens is 459 g/mol. The summed E-state index contributed by atoms with van der Waals surface area (Å²) in [6.45, 7) is 0. The molecule has 31 heavy (non-hydrogen) atoms. The SMILES string of the molecule is O=C(O)CC(C(=O)O)N1C(=O)C(=Cc2ccc(-c3cccc(C(F)(F)F)c3)o2)SC1=S. The molecule has 1 aliphatic rings. The van der Waals surface area contributed by atoms with E-state index in [0.29, 0.717) is 4.90 Å². The highest BCUT2D eigenvalue weighted by atomic mass is 32.2. The number of carboxylic acid groups (broad SMARTS) is 2. The van der Waals surface area contributed by atoms with Crippen molar-refractivity contribution in [3.05, 3.63) is 52.6 Å². The first-order valence-electron chi connectivity index (χ1n) is 8.46. The molecule has 1 aromatic carbocycles. The van der Waals surface area contributed by atoms with Gasteiger partial charge in [0.1, 0.15) is 21.9 Å². The van der Waals surface area contributed by atoms with E-state index in [4.69, 9.17) is 21.7 Å². The van der Waals surface area contributed by atoms with Crippen LogP contribution in [0.3, 0.4) is 0 Å². The number of rotatable bonds is 6. The van der Waals surface area contributed by atoms with E-state index in [9.17, 15) is 32.7 Å². The average molecular weight is 471 g/mol. The van der Waals surface area contributed by atoms with Gasteiger partial charge in [-0.3, -0.25) is 14.5 Å². The number of aliphatic carboxylic acids is 2. The highest BCUT2D eigenvalue weighted by molar-refractivity contribution is 8.26. The molecule has 0 spiro atoms. The van der Waals surface area contributed by atoms with Crippen molar-refractivity contribution in [1.82, 2.24) is 4.90 Å². The van der Waals surface area contributed by atoms with Gasteiger partial charge in [-0.15, -0.1) is 0 Å². The van der Waals surface area contributed by atoms with Gasteiger partial charge in [0.25, 0.3) is 5.91 Å². The Kier molecular flexibility index (Phi) is 6.23. The lowest BCUT2D eigenvalue weighted by molar-refractivity contribution is -0.150. The van der Waals surface area contributed by atoms with Gasteiger partial charge in [0, 0.05) is 11.6 Å². The monoisotopic (exact) mass is 471 g/mol. The van der Waals surface area contributed by atoms with Gasteiger partial charge in [0.2, 0.25) is 0 Å². The Hall–Kier alpha value is -3.12. The van der Waals surface area contributed by atoms with E-state index < -0.39 is 42.0 Å². The molecule has 0 radical (unpaired) electrons. The van der Waals surface area contributed by atoms with Crippen molar-refractivity contribution in [3.8, 4) is 11.3 Å². The second-order valence-corrected chi connectivity index (χ2v) is 7.96. The summed E-state index contributed by atoms with van der Waals surface area (Å²) in [4.78, 5) is 35.6. The van der Waals surface area contributed by atoms with Crippen molar-refractivity contribution < 1.29 is 42.2 Å². The fourth-order valence-corrected chi connectivity index (χ4v) is 4.10. The number of thiocarbonyl (C=S) groups is 1. The number of amides is 1. The molecule has 1 aromatic heterocycles. The van der Waals surface area contributed by atoms with Crippen molar-refractivity contribution in [2.75, 3.05) is 0 Å². The maximum Gasteiger partial charge on any atom is 0.416 e. The average Bonchev–Trinajstić information content (AvgIpc) is 3.24. The molecule has 7 nitrogen and oxygen atoms in total. The van der Waals surface area contributed by atoms with Crippen LogP contribution in [0.2, 0.25) is 0 Å². The Morgan fingerprint density at radius 1 is 1.23 bits per heavy atom. The molecule has 1 fully saturated rings. The first-order chi connectivity index (χ1) is 14.5. The maximum absolute atomic E-state index is 12.9. The number of halogens is 3. The highest BCUT2D eigenvalue weighted by Gasteiger charge is 2.41. The topological polar surface area (TPSA) is 108 Å². The third-order valence-electron chi connectivity index (χ3n) is 4.16. The molecular formula is C19H12F3NO6S2. The molecule has 1 atom stereocenters. The van der Waals surface area contributed by atoms with Crippen molar-refractivity contribution in [2.24, 2.45) is 0 Å². The molecule has 3 rings (SSSR count). The number of hydrogen-bond donors (Lipinski definition) is 2. The minimum absolute atomic E-state index is 0.00780. The van der Waals surface area contributed by atoms with E-state index in [2.05, 4.69) is 0 Å². The molecule has 1 saturated heterocycles. The van der Waals surface area contributed by atoms with Gasteiger partial charge >= 0.3 is 18.1 Å². The van der Waals surface area contributed by atoms with Crippen LogP contribution in [0.1, 0.15) is 17.7 Å². The van der Waals surface area contributed by atoms with Crippen molar-refractivity contribution >= 4 is 52.2 Å². The van der Waals surface area contributed by atoms with Gasteiger partial charge < -0.3 is 14.6 Å². The zero-order valence-corrected chi connectivity index (χ0v) is 16.9. The lowest BCUT2D eigenvalue weighted by Gasteiger charge is -2.21. The van der Waals surface area contributed by atoms with E-state index in [-0.39, 0.29) is 26.3 Å². The van der Waals surface area contributed by atoms with Crippen LogP contribution in [0.25, 0.3) is 17.4 Å². The van der Waals surface area contributed by atoms with E-state index in [1.807, 2.05) is 0 Å². The van der Waals surface area contributed by atoms with E-state index in [1.165, 1.54) is 30.3 Å². The zero-order valence-electron chi connectivity index (χ0n) is 15.3. The third-order valence-corrected chi connectivity index (χ3v) is 5.49. The number of carbonyl (C=O) groups is 3. The number of benzene rings is 1. The maximum atomic E-state index is 12.9. The lowest BCUT2D eigenvalue weighted by Crippen LogP contribution is -2.45. The summed E-state index contributed by atoms with van der Waals surface area (Å²) in [5.74, 6) is -3.49. The normalized spacial score (nSPS) is 16.7. The molecule has 2 aromatic rings. The van der Waals surface area contributed by atoms with Crippen LogP contribution < -0.4 is 0 Å². The van der Waals surface area contributed by atoms with E-state index >= 15 is 0 Å². The second-order valence-electron chi connectivity index (χ2n) is 6.28. The van der Waals surface area contributed by atoms with Crippen LogP contribution in [-0.2, 0) is 20.6 Å². The third kappa shape index (κ3) is 4.97. The summed E-state index contributed by atoms with van der Waals surface area (Å²) in [5.41, 5.74) is -0.670. The second kappa shape index (κ2) is 8.55. The highest BCUT2D eigenvalue weighted by Crippen LogP contribution is 2.36. The van der Waals surface area contributed by atoms with Gasteiger partial charge in [-0.1, -0.05) is 36.1 Å². The van der Waals surface area contributed by atoms with Gasteiger partial charge in [-0.05, 0) is 24.3 Å².